The fourth-order valence-corrected chi connectivity index (χ4v) is 3.53. The second kappa shape index (κ2) is 5.38. The molecule has 1 aliphatic carbocycles. The molecule has 0 saturated carbocycles. The summed E-state index contributed by atoms with van der Waals surface area (Å²) in [7, 11) is 0. The molecule has 1 heterocycles. The zero-order valence-electron chi connectivity index (χ0n) is 13.0. The lowest BCUT2D eigenvalue weighted by molar-refractivity contribution is -0.137. The molecule has 0 aliphatic heterocycles. The first-order chi connectivity index (χ1) is 11.4. The predicted octanol–water partition coefficient (Wildman–Crippen LogP) is 5.19. The number of nitrogens with one attached hydrogen (secondary N) is 1. The molecule has 5 heteroatoms. The summed E-state index contributed by atoms with van der Waals surface area (Å²) in [4.78, 5) is 3.40. The Morgan fingerprint density at radius 2 is 1.71 bits per heavy atom. The van der Waals surface area contributed by atoms with Crippen LogP contribution in [0.25, 0.3) is 22.0 Å². The largest absolute Gasteiger partial charge is 0.416 e. The van der Waals surface area contributed by atoms with Gasteiger partial charge in [0.2, 0.25) is 0 Å². The van der Waals surface area contributed by atoms with Gasteiger partial charge in [0, 0.05) is 22.6 Å². The first kappa shape index (κ1) is 15.3. The van der Waals surface area contributed by atoms with Crippen molar-refractivity contribution in [2.24, 2.45) is 5.73 Å². The lowest BCUT2D eigenvalue weighted by Gasteiger charge is -2.18. The maximum absolute atomic E-state index is 12.7. The van der Waals surface area contributed by atoms with E-state index < -0.39 is 11.7 Å². The molecule has 24 heavy (non-hydrogen) atoms. The number of halogens is 3. The number of benzene rings is 2. The van der Waals surface area contributed by atoms with Crippen molar-refractivity contribution >= 4 is 10.9 Å². The Morgan fingerprint density at radius 3 is 2.42 bits per heavy atom. The SMILES string of the molecule is NC1CCCc2c1[nH]c1ccc(-c3ccc(C(F)(F)F)cc3)cc21. The Kier molecular flexibility index (Phi) is 3.42. The van der Waals surface area contributed by atoms with Crippen LogP contribution in [-0.2, 0) is 12.6 Å². The van der Waals surface area contributed by atoms with Crippen LogP contribution in [0.1, 0.15) is 35.7 Å². The van der Waals surface area contributed by atoms with Gasteiger partial charge in [-0.1, -0.05) is 18.2 Å². The molecule has 0 radical (unpaired) electrons. The third-order valence-corrected chi connectivity index (χ3v) is 4.80. The molecule has 0 saturated heterocycles. The zero-order valence-corrected chi connectivity index (χ0v) is 13.0. The van der Waals surface area contributed by atoms with Crippen molar-refractivity contribution in [2.75, 3.05) is 0 Å². The van der Waals surface area contributed by atoms with E-state index in [-0.39, 0.29) is 6.04 Å². The number of rotatable bonds is 1. The minimum Gasteiger partial charge on any atom is -0.357 e. The molecule has 3 N–H and O–H groups in total. The van der Waals surface area contributed by atoms with Gasteiger partial charge in [-0.25, -0.2) is 0 Å². The fourth-order valence-electron chi connectivity index (χ4n) is 3.53. The van der Waals surface area contributed by atoms with Crippen LogP contribution in [0, 0.1) is 0 Å². The smallest absolute Gasteiger partial charge is 0.357 e. The number of aromatic amines is 1. The maximum Gasteiger partial charge on any atom is 0.416 e. The molecule has 2 nitrogen and oxygen atoms in total. The summed E-state index contributed by atoms with van der Waals surface area (Å²) < 4.78 is 38.1. The Balaban J connectivity index is 1.78. The fraction of sp³-hybridized carbons (Fsp3) is 0.263. The molecule has 2 aromatic carbocycles. The molecule has 1 atom stereocenters. The van der Waals surface area contributed by atoms with Crippen LogP contribution in [0.2, 0.25) is 0 Å². The summed E-state index contributed by atoms with van der Waals surface area (Å²) >= 11 is 0. The average Bonchev–Trinajstić information content (AvgIpc) is 2.94. The number of alkyl halides is 3. The lowest BCUT2D eigenvalue weighted by atomic mass is 9.91. The number of hydrogen-bond donors (Lipinski definition) is 2. The summed E-state index contributed by atoms with van der Waals surface area (Å²) in [6.45, 7) is 0. The monoisotopic (exact) mass is 330 g/mol. The van der Waals surface area contributed by atoms with Crippen molar-refractivity contribution in [3.63, 3.8) is 0 Å². The summed E-state index contributed by atoms with van der Waals surface area (Å²) in [5.74, 6) is 0. The lowest BCUT2D eigenvalue weighted by Crippen LogP contribution is -2.16. The topological polar surface area (TPSA) is 41.8 Å². The Hall–Kier alpha value is -2.27. The second-order valence-corrected chi connectivity index (χ2v) is 6.35. The Labute approximate surface area is 137 Å². The van der Waals surface area contributed by atoms with E-state index in [2.05, 4.69) is 4.98 Å². The first-order valence-corrected chi connectivity index (χ1v) is 8.01. The number of H-pyrrole nitrogens is 1. The molecule has 0 spiro atoms. The molecule has 4 rings (SSSR count). The Morgan fingerprint density at radius 1 is 1.00 bits per heavy atom. The molecule has 124 valence electrons. The number of aryl methyl sites for hydroxylation is 1. The highest BCUT2D eigenvalue weighted by molar-refractivity contribution is 5.89. The number of hydrogen-bond acceptors (Lipinski definition) is 1. The minimum atomic E-state index is -4.31. The third kappa shape index (κ3) is 2.49. The van der Waals surface area contributed by atoms with Crippen molar-refractivity contribution in [1.82, 2.24) is 4.98 Å². The third-order valence-electron chi connectivity index (χ3n) is 4.80. The quantitative estimate of drug-likeness (QED) is 0.633. The molecular weight excluding hydrogens is 313 g/mol. The summed E-state index contributed by atoms with van der Waals surface area (Å²) in [6.07, 6.45) is -1.28. The minimum absolute atomic E-state index is 0.0377. The van der Waals surface area contributed by atoms with Crippen molar-refractivity contribution in [3.8, 4) is 11.1 Å². The van der Waals surface area contributed by atoms with E-state index in [0.29, 0.717) is 0 Å². The van der Waals surface area contributed by atoms with Gasteiger partial charge in [0.15, 0.2) is 0 Å². The van der Waals surface area contributed by atoms with E-state index in [1.165, 1.54) is 17.7 Å². The van der Waals surface area contributed by atoms with Gasteiger partial charge in [-0.3, -0.25) is 0 Å². The van der Waals surface area contributed by atoms with Gasteiger partial charge in [-0.05, 0) is 60.2 Å². The van der Waals surface area contributed by atoms with Crippen LogP contribution >= 0.6 is 0 Å². The molecule has 0 amide bonds. The van der Waals surface area contributed by atoms with Crippen LogP contribution < -0.4 is 5.73 Å². The van der Waals surface area contributed by atoms with E-state index >= 15 is 0 Å². The zero-order chi connectivity index (χ0) is 16.9. The van der Waals surface area contributed by atoms with Crippen LogP contribution in [0.3, 0.4) is 0 Å². The number of fused-ring (bicyclic) bond motifs is 3. The average molecular weight is 330 g/mol. The van der Waals surface area contributed by atoms with Gasteiger partial charge in [0.05, 0.1) is 5.56 Å². The normalized spacial score (nSPS) is 17.9. The molecule has 0 fully saturated rings. The predicted molar refractivity (Wildman–Crippen MR) is 88.6 cm³/mol. The van der Waals surface area contributed by atoms with Crippen molar-refractivity contribution in [2.45, 2.75) is 31.5 Å². The van der Waals surface area contributed by atoms with Gasteiger partial charge in [0.25, 0.3) is 0 Å². The number of nitrogens with two attached hydrogens (primary N) is 1. The van der Waals surface area contributed by atoms with Gasteiger partial charge >= 0.3 is 6.18 Å². The summed E-state index contributed by atoms with van der Waals surface area (Å²) in [5, 5.41) is 1.12. The van der Waals surface area contributed by atoms with Crippen LogP contribution in [0.4, 0.5) is 13.2 Å². The van der Waals surface area contributed by atoms with Crippen LogP contribution in [-0.4, -0.2) is 4.98 Å². The van der Waals surface area contributed by atoms with Crippen molar-refractivity contribution < 1.29 is 13.2 Å². The first-order valence-electron chi connectivity index (χ1n) is 8.01. The molecule has 1 aliphatic rings. The summed E-state index contributed by atoms with van der Waals surface area (Å²) in [5.41, 5.74) is 10.6. The van der Waals surface area contributed by atoms with Gasteiger partial charge in [0.1, 0.15) is 0 Å². The molecule has 3 aromatic rings. The van der Waals surface area contributed by atoms with E-state index in [1.807, 2.05) is 18.2 Å². The van der Waals surface area contributed by atoms with E-state index in [4.69, 9.17) is 5.73 Å². The van der Waals surface area contributed by atoms with E-state index in [1.54, 1.807) is 0 Å². The number of aromatic nitrogens is 1. The van der Waals surface area contributed by atoms with Crippen LogP contribution in [0.15, 0.2) is 42.5 Å². The van der Waals surface area contributed by atoms with Crippen molar-refractivity contribution in [1.29, 1.82) is 0 Å². The van der Waals surface area contributed by atoms with E-state index in [9.17, 15) is 13.2 Å². The van der Waals surface area contributed by atoms with Gasteiger partial charge < -0.3 is 10.7 Å². The highest BCUT2D eigenvalue weighted by Gasteiger charge is 2.30. The highest BCUT2D eigenvalue weighted by atomic mass is 19.4. The highest BCUT2D eigenvalue weighted by Crippen LogP contribution is 2.36. The van der Waals surface area contributed by atoms with Crippen LogP contribution in [0.5, 0.6) is 0 Å². The molecule has 1 unspecified atom stereocenters. The van der Waals surface area contributed by atoms with Gasteiger partial charge in [-0.2, -0.15) is 13.2 Å². The Bertz CT molecular complexity index is 891. The molecule has 1 aromatic heterocycles. The summed E-state index contributed by atoms with van der Waals surface area (Å²) in [6, 6.07) is 11.3. The van der Waals surface area contributed by atoms with Crippen molar-refractivity contribution in [3.05, 3.63) is 59.3 Å². The maximum atomic E-state index is 12.7. The standard InChI is InChI=1S/C19H17F3N2/c20-19(21,22)13-7-4-11(5-8-13)12-6-9-17-15(10-12)14-2-1-3-16(23)18(14)24-17/h4-10,16,24H,1-3,23H2. The molecule has 0 bridgehead atoms. The van der Waals surface area contributed by atoms with E-state index in [0.717, 1.165) is 59.1 Å². The van der Waals surface area contributed by atoms with Gasteiger partial charge in [-0.15, -0.1) is 0 Å². The second-order valence-electron chi connectivity index (χ2n) is 6.35. The molecular formula is C19H17F3N2.